The first-order valence-electron chi connectivity index (χ1n) is 15.4. The van der Waals surface area contributed by atoms with Crippen molar-refractivity contribution in [2.75, 3.05) is 44.2 Å². The van der Waals surface area contributed by atoms with Gasteiger partial charge in [0.15, 0.2) is 5.11 Å². The molecule has 38 heavy (non-hydrogen) atoms. The highest BCUT2D eigenvalue weighted by Gasteiger charge is 2.53. The Kier molecular flexibility index (Phi) is 6.11. The number of thiocarbonyl (C=S) groups is 1. The molecule has 7 aliphatic rings. The molecule has 5 aliphatic carbocycles. The van der Waals surface area contributed by atoms with Crippen LogP contribution in [0.4, 0.5) is 5.82 Å². The molecule has 0 amide bonds. The van der Waals surface area contributed by atoms with E-state index in [1.807, 2.05) is 11.3 Å². The highest BCUT2D eigenvalue weighted by atomic mass is 32.1. The number of aromatic nitrogens is 2. The maximum absolute atomic E-state index is 5.79. The molecule has 9 rings (SSSR count). The normalized spacial score (nSPS) is 34.2. The number of thiophene rings is 1. The Morgan fingerprint density at radius 3 is 2.42 bits per heavy atom. The van der Waals surface area contributed by atoms with Gasteiger partial charge in [-0.1, -0.05) is 0 Å². The molecule has 2 aliphatic heterocycles. The van der Waals surface area contributed by atoms with Crippen molar-refractivity contribution in [1.29, 1.82) is 0 Å². The zero-order valence-corrected chi connectivity index (χ0v) is 24.2. The van der Waals surface area contributed by atoms with E-state index in [0.717, 1.165) is 68.6 Å². The summed E-state index contributed by atoms with van der Waals surface area (Å²) in [5.74, 6) is 5.18. The van der Waals surface area contributed by atoms with E-state index in [0.29, 0.717) is 6.10 Å². The van der Waals surface area contributed by atoms with Gasteiger partial charge in [0.05, 0.1) is 11.5 Å². The lowest BCUT2D eigenvalue weighted by Gasteiger charge is -2.56. The molecule has 0 radical (unpaired) electrons. The number of ether oxygens (including phenoxy) is 1. The minimum absolute atomic E-state index is 0.234. The number of rotatable bonds is 4. The molecule has 1 N–H and O–H groups in total. The van der Waals surface area contributed by atoms with Gasteiger partial charge in [-0.05, 0) is 113 Å². The standard InChI is InChI=1S/C30H41N5OS2/c37-29(31-18-22-4-3-11-36-22)35-9-7-34(8-10-35)26-25-23-5-1-2-6-24(23)38-27(25)33-28(32-26)30-15-19-12-20(16-30)14-21(13-19)17-30/h19-22H,1-18H2,(H,31,37)/t19?,20?,21?,22-,30?/m0/s1. The summed E-state index contributed by atoms with van der Waals surface area (Å²) >= 11 is 7.78. The van der Waals surface area contributed by atoms with Crippen LogP contribution in [0.1, 0.15) is 80.5 Å². The summed E-state index contributed by atoms with van der Waals surface area (Å²) in [6.07, 6.45) is 16.0. The van der Waals surface area contributed by atoms with Gasteiger partial charge in [-0.2, -0.15) is 0 Å². The highest BCUT2D eigenvalue weighted by Crippen LogP contribution is 2.60. The molecule has 2 aromatic heterocycles. The fourth-order valence-electron chi connectivity index (χ4n) is 9.23. The molecule has 4 bridgehead atoms. The predicted molar refractivity (Wildman–Crippen MR) is 157 cm³/mol. The molecule has 6 fully saturated rings. The molecular formula is C30H41N5OS2. The van der Waals surface area contributed by atoms with E-state index in [2.05, 4.69) is 15.1 Å². The van der Waals surface area contributed by atoms with Crippen LogP contribution >= 0.6 is 23.6 Å². The van der Waals surface area contributed by atoms with Crippen molar-refractivity contribution >= 4 is 44.7 Å². The largest absolute Gasteiger partial charge is 0.376 e. The molecule has 0 aromatic carbocycles. The highest BCUT2D eigenvalue weighted by molar-refractivity contribution is 7.80. The number of hydrogen-bond donors (Lipinski definition) is 1. The number of aryl methyl sites for hydroxylation is 2. The van der Waals surface area contributed by atoms with E-state index in [1.54, 1.807) is 10.4 Å². The van der Waals surface area contributed by atoms with Gasteiger partial charge >= 0.3 is 0 Å². The lowest BCUT2D eigenvalue weighted by molar-refractivity contribution is -0.00918. The second kappa shape index (κ2) is 9.55. The number of hydrogen-bond acceptors (Lipinski definition) is 6. The van der Waals surface area contributed by atoms with Gasteiger partial charge in [0.25, 0.3) is 0 Å². The van der Waals surface area contributed by atoms with Crippen molar-refractivity contribution in [1.82, 2.24) is 20.2 Å². The Balaban J connectivity index is 1.08. The minimum atomic E-state index is 0.234. The number of nitrogens with zero attached hydrogens (tertiary/aromatic N) is 4. The van der Waals surface area contributed by atoms with Crippen LogP contribution < -0.4 is 10.2 Å². The van der Waals surface area contributed by atoms with Crippen LogP contribution in [0, 0.1) is 17.8 Å². The Bertz CT molecular complexity index is 1190. The molecule has 0 spiro atoms. The zero-order valence-electron chi connectivity index (χ0n) is 22.6. The van der Waals surface area contributed by atoms with Crippen molar-refractivity contribution in [2.24, 2.45) is 17.8 Å². The molecule has 0 unspecified atom stereocenters. The van der Waals surface area contributed by atoms with Gasteiger partial charge in [0, 0.05) is 49.6 Å². The van der Waals surface area contributed by atoms with Gasteiger partial charge in [0.1, 0.15) is 16.5 Å². The average Bonchev–Trinajstić information content (AvgIpc) is 3.58. The fraction of sp³-hybridized carbons (Fsp3) is 0.767. The molecule has 4 heterocycles. The summed E-state index contributed by atoms with van der Waals surface area (Å²) in [5, 5.41) is 5.77. The van der Waals surface area contributed by atoms with Crippen molar-refractivity contribution in [3.05, 3.63) is 16.3 Å². The van der Waals surface area contributed by atoms with E-state index in [-0.39, 0.29) is 5.41 Å². The van der Waals surface area contributed by atoms with Crippen LogP contribution in [0.15, 0.2) is 0 Å². The quantitative estimate of drug-likeness (QED) is 0.524. The van der Waals surface area contributed by atoms with E-state index in [9.17, 15) is 0 Å². The first kappa shape index (κ1) is 24.3. The van der Waals surface area contributed by atoms with Gasteiger partial charge in [0.2, 0.25) is 0 Å². The van der Waals surface area contributed by atoms with Crippen LogP contribution in [0.25, 0.3) is 10.2 Å². The summed E-state index contributed by atoms with van der Waals surface area (Å²) < 4.78 is 5.78. The molecule has 8 heteroatoms. The fourth-order valence-corrected chi connectivity index (χ4v) is 10.8. The van der Waals surface area contributed by atoms with Gasteiger partial charge in [-0.3, -0.25) is 0 Å². The summed E-state index contributed by atoms with van der Waals surface area (Å²) in [5.41, 5.74) is 1.80. The van der Waals surface area contributed by atoms with Crippen LogP contribution in [0.5, 0.6) is 0 Å². The third kappa shape index (κ3) is 4.15. The first-order chi connectivity index (χ1) is 18.6. The number of piperazine rings is 1. The molecule has 2 aromatic rings. The van der Waals surface area contributed by atoms with Crippen molar-refractivity contribution in [3.63, 3.8) is 0 Å². The van der Waals surface area contributed by atoms with Gasteiger partial charge in [-0.25, -0.2) is 9.97 Å². The van der Waals surface area contributed by atoms with Gasteiger partial charge < -0.3 is 19.9 Å². The molecule has 4 saturated carbocycles. The lowest BCUT2D eigenvalue weighted by atomic mass is 9.49. The molecule has 1 atom stereocenters. The Hall–Kier alpha value is -1.51. The number of anilines is 1. The van der Waals surface area contributed by atoms with E-state index >= 15 is 0 Å². The van der Waals surface area contributed by atoms with E-state index in [1.165, 1.54) is 92.5 Å². The summed E-state index contributed by atoms with van der Waals surface area (Å²) in [7, 11) is 0. The second-order valence-corrected chi connectivity index (χ2v) is 14.7. The lowest BCUT2D eigenvalue weighted by Crippen LogP contribution is -2.53. The van der Waals surface area contributed by atoms with Crippen LogP contribution in [0.2, 0.25) is 0 Å². The van der Waals surface area contributed by atoms with Crippen LogP contribution in [0.3, 0.4) is 0 Å². The maximum atomic E-state index is 5.79. The smallest absolute Gasteiger partial charge is 0.169 e. The van der Waals surface area contributed by atoms with Crippen LogP contribution in [-0.2, 0) is 23.0 Å². The minimum Gasteiger partial charge on any atom is -0.376 e. The van der Waals surface area contributed by atoms with Crippen molar-refractivity contribution < 1.29 is 4.74 Å². The number of fused-ring (bicyclic) bond motifs is 3. The van der Waals surface area contributed by atoms with Crippen molar-refractivity contribution in [2.45, 2.75) is 88.6 Å². The Labute approximate surface area is 235 Å². The SMILES string of the molecule is S=C(NC[C@@H]1CCCO1)N1CCN(c2nc(C34CC5CC(CC(C5)C3)C4)nc3sc4c(c23)CCCC4)CC1. The molecular weight excluding hydrogens is 510 g/mol. The molecule has 204 valence electrons. The Morgan fingerprint density at radius 1 is 0.974 bits per heavy atom. The molecule has 6 nitrogen and oxygen atoms in total. The summed E-state index contributed by atoms with van der Waals surface area (Å²) in [6, 6.07) is 0. The van der Waals surface area contributed by atoms with E-state index in [4.69, 9.17) is 26.9 Å². The average molecular weight is 552 g/mol. The third-order valence-corrected chi connectivity index (χ3v) is 12.3. The zero-order chi connectivity index (χ0) is 25.3. The first-order valence-corrected chi connectivity index (χ1v) is 16.6. The topological polar surface area (TPSA) is 53.5 Å². The molecule has 2 saturated heterocycles. The summed E-state index contributed by atoms with van der Waals surface area (Å²) in [4.78, 5) is 18.8. The Morgan fingerprint density at radius 2 is 1.71 bits per heavy atom. The summed E-state index contributed by atoms with van der Waals surface area (Å²) in [6.45, 7) is 5.56. The van der Waals surface area contributed by atoms with E-state index < -0.39 is 0 Å². The second-order valence-electron chi connectivity index (χ2n) is 13.3. The maximum Gasteiger partial charge on any atom is 0.169 e. The predicted octanol–water partition coefficient (Wildman–Crippen LogP) is 5.21. The number of nitrogens with one attached hydrogen (secondary N) is 1. The monoisotopic (exact) mass is 551 g/mol. The van der Waals surface area contributed by atoms with Crippen molar-refractivity contribution in [3.8, 4) is 0 Å². The van der Waals surface area contributed by atoms with Gasteiger partial charge in [-0.15, -0.1) is 11.3 Å². The third-order valence-electron chi connectivity index (χ3n) is 10.7. The van der Waals surface area contributed by atoms with Crippen LogP contribution in [-0.4, -0.2) is 65.4 Å².